The second-order valence-electron chi connectivity index (χ2n) is 15.0. The first-order valence-electron chi connectivity index (χ1n) is 18.9. The molecule has 4 amide bonds. The number of hydrogen-bond donors (Lipinski definition) is 7. The van der Waals surface area contributed by atoms with Gasteiger partial charge in [-0.3, -0.25) is 28.9 Å². The summed E-state index contributed by atoms with van der Waals surface area (Å²) >= 11 is 0. The molecule has 8 unspecified atom stereocenters. The number of anilines is 1. The van der Waals surface area contributed by atoms with Crippen LogP contribution in [-0.2, 0) is 47.9 Å². The van der Waals surface area contributed by atoms with E-state index in [-0.39, 0.29) is 30.9 Å². The van der Waals surface area contributed by atoms with E-state index < -0.39 is 96.0 Å². The molecule has 0 bridgehead atoms. The van der Waals surface area contributed by atoms with Crippen LogP contribution in [0.25, 0.3) is 10.9 Å². The van der Waals surface area contributed by atoms with Crippen LogP contribution in [0.1, 0.15) is 40.5 Å². The van der Waals surface area contributed by atoms with Crippen LogP contribution in [0.3, 0.4) is 0 Å². The zero-order valence-corrected chi connectivity index (χ0v) is 33.9. The Labute approximate surface area is 340 Å². The van der Waals surface area contributed by atoms with Crippen molar-refractivity contribution in [1.29, 1.82) is 5.26 Å². The number of hydrogen-bond acceptors (Lipinski definition) is 16. The molecule has 0 spiro atoms. The van der Waals surface area contributed by atoms with Crippen molar-refractivity contribution in [3.8, 4) is 6.07 Å². The zero-order valence-electron chi connectivity index (χ0n) is 33.0. The maximum atomic E-state index is 13.7. The van der Waals surface area contributed by atoms with Crippen LogP contribution in [0.5, 0.6) is 0 Å². The summed E-state index contributed by atoms with van der Waals surface area (Å²) in [5.41, 5.74) is 5.84. The highest BCUT2D eigenvalue weighted by molar-refractivity contribution is 7.80. The Hall–Kier alpha value is -4.48. The molecule has 22 nitrogen and oxygen atoms in total. The number of ether oxygens (including phenoxy) is 4. The normalized spacial score (nSPS) is 30.1. The molecule has 0 saturated carbocycles. The molecule has 3 aliphatic heterocycles. The number of amides is 4. The third-order valence-corrected chi connectivity index (χ3v) is 10.9. The number of benzene rings is 1. The van der Waals surface area contributed by atoms with Crippen molar-refractivity contribution in [3.05, 3.63) is 30.5 Å². The summed E-state index contributed by atoms with van der Waals surface area (Å²) in [6.07, 6.45) is -12.2. The highest BCUT2D eigenvalue weighted by Crippen LogP contribution is 2.33. The molecular weight excluding hydrogens is 802 g/mol. The summed E-state index contributed by atoms with van der Waals surface area (Å²) < 4.78 is 59.8. The van der Waals surface area contributed by atoms with Gasteiger partial charge in [0, 0.05) is 50.4 Å². The minimum absolute atomic E-state index is 0.0850. The maximum Gasteiger partial charge on any atom is 0.397 e. The van der Waals surface area contributed by atoms with Crippen LogP contribution in [0, 0.1) is 17.2 Å². The van der Waals surface area contributed by atoms with Crippen LogP contribution in [0.2, 0.25) is 0 Å². The summed E-state index contributed by atoms with van der Waals surface area (Å²) in [6, 6.07) is 6.99. The fourth-order valence-corrected chi connectivity index (χ4v) is 7.84. The van der Waals surface area contributed by atoms with E-state index in [2.05, 4.69) is 27.3 Å². The lowest BCUT2D eigenvalue weighted by Gasteiger charge is -2.46. The van der Waals surface area contributed by atoms with Crippen LogP contribution in [-0.4, -0.2) is 162 Å². The summed E-state index contributed by atoms with van der Waals surface area (Å²) in [6.45, 7) is 6.21. The number of fused-ring (bicyclic) bond motifs is 1. The standard InChI is InChI=1S/C36H51N7O15S/c1-18(2)56-32-29(47)30(48)35(57-31-22(38-20(4)44)16-54-26(28(31)46)17-55-59(51,52)53)58-33(32)34(49)39-40-36(50)43-14-11-21-23(7-6-8-24(21)43)41(5)25-15-42(13-10-19(25)3)27(45)9-12-37/h6-8,11,14,18-19,22,25-26,28-33,35,46-48H,9-10,13,15-17H2,1-5H3,(H,38,44)(H,39,49)(H,40,50)(H,51,52,53)/t19-,22-,25+,26?,28?,29?,30?,31?,32?,33?,35?/m1/s1. The molecular formula is C36H51N7O15S. The third kappa shape index (κ3) is 10.8. The Morgan fingerprint density at radius 1 is 1.08 bits per heavy atom. The number of aliphatic hydroxyl groups excluding tert-OH is 3. The molecule has 11 atom stereocenters. The molecule has 4 heterocycles. The van der Waals surface area contributed by atoms with E-state index in [1.807, 2.05) is 24.1 Å². The largest absolute Gasteiger partial charge is 0.397 e. The lowest BCUT2D eigenvalue weighted by molar-refractivity contribution is -0.326. The van der Waals surface area contributed by atoms with E-state index >= 15 is 0 Å². The van der Waals surface area contributed by atoms with Crippen molar-refractivity contribution >= 4 is 50.7 Å². The van der Waals surface area contributed by atoms with Gasteiger partial charge in [-0.25, -0.2) is 14.4 Å². The van der Waals surface area contributed by atoms with Gasteiger partial charge in [0.2, 0.25) is 11.8 Å². The quantitative estimate of drug-likeness (QED) is 0.0947. The zero-order chi connectivity index (χ0) is 43.3. The van der Waals surface area contributed by atoms with Gasteiger partial charge >= 0.3 is 16.4 Å². The van der Waals surface area contributed by atoms with Crippen molar-refractivity contribution in [3.63, 3.8) is 0 Å². The van der Waals surface area contributed by atoms with Gasteiger partial charge in [-0.1, -0.05) is 13.0 Å². The first kappa shape index (κ1) is 45.6. The lowest BCUT2D eigenvalue weighted by Crippen LogP contribution is -2.67. The average molecular weight is 854 g/mol. The highest BCUT2D eigenvalue weighted by Gasteiger charge is 2.52. The molecule has 326 valence electrons. The van der Waals surface area contributed by atoms with Crippen LogP contribution in [0.15, 0.2) is 30.5 Å². The van der Waals surface area contributed by atoms with Gasteiger partial charge in [-0.2, -0.15) is 13.7 Å². The van der Waals surface area contributed by atoms with Crippen LogP contribution < -0.4 is 21.1 Å². The van der Waals surface area contributed by atoms with Gasteiger partial charge in [0.05, 0.1) is 36.9 Å². The van der Waals surface area contributed by atoms with Crippen molar-refractivity contribution < 1.29 is 70.6 Å². The van der Waals surface area contributed by atoms with Crippen molar-refractivity contribution in [2.45, 2.75) is 108 Å². The predicted molar refractivity (Wildman–Crippen MR) is 203 cm³/mol. The molecule has 1 aromatic carbocycles. The topological polar surface area (TPSA) is 301 Å². The third-order valence-electron chi connectivity index (χ3n) is 10.5. The number of rotatable bonds is 12. The van der Waals surface area contributed by atoms with E-state index in [9.17, 15) is 42.9 Å². The average Bonchev–Trinajstić information content (AvgIpc) is 3.61. The van der Waals surface area contributed by atoms with E-state index in [0.717, 1.165) is 12.1 Å². The van der Waals surface area contributed by atoms with Gasteiger partial charge in [-0.15, -0.1) is 0 Å². The molecule has 1 aromatic heterocycles. The molecule has 59 heavy (non-hydrogen) atoms. The number of nitrogens with one attached hydrogen (secondary N) is 3. The van der Waals surface area contributed by atoms with Gasteiger partial charge in [0.25, 0.3) is 5.91 Å². The highest BCUT2D eigenvalue weighted by atomic mass is 32.3. The molecule has 3 aliphatic rings. The molecule has 0 aliphatic carbocycles. The van der Waals surface area contributed by atoms with Gasteiger partial charge in [-0.05, 0) is 44.4 Å². The molecule has 2 aromatic rings. The monoisotopic (exact) mass is 853 g/mol. The fourth-order valence-electron chi connectivity index (χ4n) is 7.53. The maximum absolute atomic E-state index is 13.7. The number of aromatic nitrogens is 1. The van der Waals surface area contributed by atoms with E-state index in [1.165, 1.54) is 17.7 Å². The van der Waals surface area contributed by atoms with Gasteiger partial charge < -0.3 is 49.4 Å². The first-order valence-corrected chi connectivity index (χ1v) is 20.3. The minimum atomic E-state index is -4.94. The molecule has 3 saturated heterocycles. The summed E-state index contributed by atoms with van der Waals surface area (Å²) in [5, 5.41) is 45.6. The minimum Gasteiger partial charge on any atom is -0.388 e. The number of nitrogens with zero attached hydrogens (tertiary/aromatic N) is 4. The molecule has 3 fully saturated rings. The predicted octanol–water partition coefficient (Wildman–Crippen LogP) is -1.47. The second-order valence-corrected chi connectivity index (χ2v) is 16.1. The van der Waals surface area contributed by atoms with Gasteiger partial charge in [0.1, 0.15) is 43.0 Å². The fraction of sp³-hybridized carbons (Fsp3) is 0.639. The number of aliphatic hydroxyl groups is 3. The van der Waals surface area contributed by atoms with E-state index in [1.54, 1.807) is 36.9 Å². The first-order chi connectivity index (χ1) is 27.8. The molecule has 23 heteroatoms. The van der Waals surface area contributed by atoms with Crippen LogP contribution in [0.4, 0.5) is 10.5 Å². The number of carbonyl (C=O) groups excluding carboxylic acids is 4. The molecule has 0 radical (unpaired) electrons. The Bertz CT molecular complexity index is 1990. The number of piperidine rings is 1. The number of nitriles is 1. The number of carbonyl (C=O) groups is 4. The van der Waals surface area contributed by atoms with Crippen molar-refractivity contribution in [2.24, 2.45) is 5.92 Å². The Balaban J connectivity index is 1.32. The smallest absolute Gasteiger partial charge is 0.388 e. The Kier molecular flexibility index (Phi) is 14.9. The van der Waals surface area contributed by atoms with E-state index in [0.29, 0.717) is 24.0 Å². The van der Waals surface area contributed by atoms with Crippen molar-refractivity contribution in [1.82, 2.24) is 25.6 Å². The molecule has 7 N–H and O–H groups in total. The lowest BCUT2D eigenvalue weighted by atomic mass is 9.91. The number of hydrazine groups is 1. The number of likely N-dealkylation sites (tertiary alicyclic amines) is 1. The Morgan fingerprint density at radius 3 is 2.47 bits per heavy atom. The molecule has 5 rings (SSSR count). The summed E-state index contributed by atoms with van der Waals surface area (Å²) in [4.78, 5) is 55.5. The van der Waals surface area contributed by atoms with Crippen molar-refractivity contribution in [2.75, 3.05) is 38.3 Å². The van der Waals surface area contributed by atoms with E-state index in [4.69, 9.17) is 28.8 Å². The second kappa shape index (κ2) is 19.3. The van der Waals surface area contributed by atoms with Gasteiger partial charge in [0.15, 0.2) is 12.4 Å². The number of likely N-dealkylation sites (N-methyl/N-ethyl adjacent to an activating group) is 1. The van der Waals surface area contributed by atoms with Crippen LogP contribution >= 0.6 is 0 Å². The Morgan fingerprint density at radius 2 is 1.81 bits per heavy atom. The summed E-state index contributed by atoms with van der Waals surface area (Å²) in [7, 11) is -3.04. The summed E-state index contributed by atoms with van der Waals surface area (Å²) in [5.74, 6) is -1.63. The SMILES string of the molecule is CC(=O)N[C@@H]1COC(COS(=O)(=O)O)C(O)C1OC1OC(C(=O)NNC(=O)n2ccc3c(N(C)[C@H]4CN(C(=O)CC#N)CC[C@H]4C)cccc32)C(OC(C)C)C(O)C1O.